The average Bonchev–Trinajstić information content (AvgIpc) is 2.04. The van der Waals surface area contributed by atoms with Crippen LogP contribution in [-0.4, -0.2) is 10.2 Å². The molecule has 0 aliphatic heterocycles. The van der Waals surface area contributed by atoms with Gasteiger partial charge in [-0.3, -0.25) is 0 Å². The Morgan fingerprint density at radius 3 is 2.46 bits per heavy atom. The topological polar surface area (TPSA) is 40.5 Å². The van der Waals surface area contributed by atoms with Gasteiger partial charge in [0.05, 0.1) is 0 Å². The van der Waals surface area contributed by atoms with Crippen molar-refractivity contribution in [1.82, 2.24) is 0 Å². The van der Waals surface area contributed by atoms with Gasteiger partial charge in [-0.05, 0) is 6.07 Å². The average molecular weight is 201 g/mol. The Labute approximate surface area is 82.8 Å². The minimum absolute atomic E-state index is 0.288. The van der Waals surface area contributed by atoms with Crippen LogP contribution in [0.3, 0.4) is 0 Å². The quantitative estimate of drug-likeness (QED) is 0.735. The van der Waals surface area contributed by atoms with Crippen LogP contribution in [0.25, 0.3) is 0 Å². The van der Waals surface area contributed by atoms with E-state index >= 15 is 0 Å². The maximum absolute atomic E-state index is 9.64. The zero-order chi connectivity index (χ0) is 9.90. The van der Waals surface area contributed by atoms with Gasteiger partial charge in [-0.25, -0.2) is 0 Å². The number of hydrogen-bond acceptors (Lipinski definition) is 2. The monoisotopic (exact) mass is 200 g/mol. The van der Waals surface area contributed by atoms with Crippen molar-refractivity contribution in [2.45, 2.75) is 25.6 Å². The molecule has 2 N–H and O–H groups in total. The summed E-state index contributed by atoms with van der Waals surface area (Å²) in [6, 6.07) is 6.76. The van der Waals surface area contributed by atoms with Gasteiger partial charge >= 0.3 is 0 Å². The lowest BCUT2D eigenvalue weighted by atomic mass is 10.0. The van der Waals surface area contributed by atoms with E-state index in [1.165, 1.54) is 0 Å². The van der Waals surface area contributed by atoms with Crippen molar-refractivity contribution in [2.75, 3.05) is 0 Å². The first-order valence-corrected chi connectivity index (χ1v) is 4.65. The minimum atomic E-state index is -1.80. The van der Waals surface area contributed by atoms with Crippen molar-refractivity contribution in [3.05, 3.63) is 34.9 Å². The van der Waals surface area contributed by atoms with Crippen molar-refractivity contribution in [1.29, 1.82) is 0 Å². The van der Waals surface area contributed by atoms with E-state index in [0.717, 1.165) is 0 Å². The van der Waals surface area contributed by atoms with Crippen LogP contribution in [0, 0.1) is 0 Å². The van der Waals surface area contributed by atoms with Gasteiger partial charge in [0.1, 0.15) is 0 Å². The van der Waals surface area contributed by atoms with Crippen LogP contribution in [0.2, 0.25) is 5.02 Å². The summed E-state index contributed by atoms with van der Waals surface area (Å²) in [4.78, 5) is 0. The standard InChI is InChI=1S/C10H13ClO2/c1-2-7-10(12,13)8-5-3-4-6-9(8)11/h3-6,12-13H,2,7H2,1H3. The maximum Gasteiger partial charge on any atom is 0.191 e. The second-order valence-electron chi connectivity index (χ2n) is 3.05. The lowest BCUT2D eigenvalue weighted by molar-refractivity contribution is -0.174. The third-order valence-corrected chi connectivity index (χ3v) is 2.23. The third-order valence-electron chi connectivity index (χ3n) is 1.90. The summed E-state index contributed by atoms with van der Waals surface area (Å²) < 4.78 is 0. The fraction of sp³-hybridized carbons (Fsp3) is 0.400. The molecule has 0 amide bonds. The second-order valence-corrected chi connectivity index (χ2v) is 3.45. The molecule has 0 spiro atoms. The molecule has 1 rings (SSSR count). The summed E-state index contributed by atoms with van der Waals surface area (Å²) in [5, 5.41) is 19.7. The van der Waals surface area contributed by atoms with Gasteiger partial charge < -0.3 is 10.2 Å². The van der Waals surface area contributed by atoms with Crippen molar-refractivity contribution >= 4 is 11.6 Å². The number of hydrogen-bond donors (Lipinski definition) is 2. The van der Waals surface area contributed by atoms with E-state index in [9.17, 15) is 10.2 Å². The normalized spacial score (nSPS) is 11.7. The Kier molecular flexibility index (Phi) is 3.31. The molecular weight excluding hydrogens is 188 g/mol. The number of benzene rings is 1. The number of rotatable bonds is 3. The van der Waals surface area contributed by atoms with Crippen LogP contribution < -0.4 is 0 Å². The molecule has 0 saturated heterocycles. The largest absolute Gasteiger partial charge is 0.362 e. The zero-order valence-corrected chi connectivity index (χ0v) is 8.25. The molecule has 72 valence electrons. The Morgan fingerprint density at radius 1 is 1.31 bits per heavy atom. The SMILES string of the molecule is CCCC(O)(O)c1ccccc1Cl. The molecule has 0 radical (unpaired) electrons. The van der Waals surface area contributed by atoms with Crippen molar-refractivity contribution in [2.24, 2.45) is 0 Å². The minimum Gasteiger partial charge on any atom is -0.362 e. The van der Waals surface area contributed by atoms with Crippen LogP contribution in [0.15, 0.2) is 24.3 Å². The van der Waals surface area contributed by atoms with Gasteiger partial charge in [0.2, 0.25) is 0 Å². The summed E-state index contributed by atoms with van der Waals surface area (Å²) >= 11 is 5.82. The van der Waals surface area contributed by atoms with E-state index in [1.807, 2.05) is 6.92 Å². The zero-order valence-electron chi connectivity index (χ0n) is 7.50. The maximum atomic E-state index is 9.64. The van der Waals surface area contributed by atoms with Crippen LogP contribution in [0.4, 0.5) is 0 Å². The summed E-state index contributed by atoms with van der Waals surface area (Å²) in [6.07, 6.45) is 0.981. The second kappa shape index (κ2) is 4.09. The van der Waals surface area contributed by atoms with Crippen LogP contribution in [0.1, 0.15) is 25.3 Å². The molecule has 0 bridgehead atoms. The molecule has 0 saturated carbocycles. The summed E-state index contributed by atoms with van der Waals surface area (Å²) in [5.74, 6) is -1.80. The Balaban J connectivity index is 2.99. The highest BCUT2D eigenvalue weighted by Gasteiger charge is 2.26. The third kappa shape index (κ3) is 2.44. The van der Waals surface area contributed by atoms with Crippen molar-refractivity contribution < 1.29 is 10.2 Å². The van der Waals surface area contributed by atoms with Crippen molar-refractivity contribution in [3.63, 3.8) is 0 Å². The Morgan fingerprint density at radius 2 is 1.92 bits per heavy atom. The van der Waals surface area contributed by atoms with Crippen LogP contribution in [0.5, 0.6) is 0 Å². The molecule has 3 heteroatoms. The van der Waals surface area contributed by atoms with Gasteiger partial charge in [-0.1, -0.05) is 43.1 Å². The summed E-state index contributed by atoms with van der Waals surface area (Å²) in [7, 11) is 0. The summed E-state index contributed by atoms with van der Waals surface area (Å²) in [5.41, 5.74) is 0.374. The van der Waals surface area contributed by atoms with Crippen LogP contribution in [-0.2, 0) is 5.79 Å². The summed E-state index contributed by atoms with van der Waals surface area (Å²) in [6.45, 7) is 1.89. The lowest BCUT2D eigenvalue weighted by Gasteiger charge is -2.22. The first kappa shape index (κ1) is 10.5. The predicted octanol–water partition coefficient (Wildman–Crippen LogP) is 2.28. The van der Waals surface area contributed by atoms with Gasteiger partial charge in [-0.2, -0.15) is 0 Å². The van der Waals surface area contributed by atoms with Gasteiger partial charge in [0, 0.05) is 17.0 Å². The van der Waals surface area contributed by atoms with Crippen LogP contribution >= 0.6 is 11.6 Å². The van der Waals surface area contributed by atoms with Gasteiger partial charge in [0.25, 0.3) is 0 Å². The molecule has 0 heterocycles. The molecular formula is C10H13ClO2. The number of halogens is 1. The molecule has 1 aromatic rings. The first-order valence-electron chi connectivity index (χ1n) is 4.27. The highest BCUT2D eigenvalue weighted by atomic mass is 35.5. The Hall–Kier alpha value is -0.570. The van der Waals surface area contributed by atoms with E-state index in [0.29, 0.717) is 17.0 Å². The molecule has 13 heavy (non-hydrogen) atoms. The van der Waals surface area contributed by atoms with E-state index in [2.05, 4.69) is 0 Å². The van der Waals surface area contributed by atoms with E-state index in [1.54, 1.807) is 24.3 Å². The molecule has 1 aromatic carbocycles. The molecule has 0 fully saturated rings. The smallest absolute Gasteiger partial charge is 0.191 e. The van der Waals surface area contributed by atoms with E-state index in [4.69, 9.17) is 11.6 Å². The molecule has 0 aromatic heterocycles. The molecule has 2 nitrogen and oxygen atoms in total. The Bertz CT molecular complexity index is 284. The van der Waals surface area contributed by atoms with Crippen molar-refractivity contribution in [3.8, 4) is 0 Å². The van der Waals surface area contributed by atoms with Gasteiger partial charge in [-0.15, -0.1) is 0 Å². The van der Waals surface area contributed by atoms with E-state index < -0.39 is 5.79 Å². The van der Waals surface area contributed by atoms with E-state index in [-0.39, 0.29) is 6.42 Å². The number of aliphatic hydroxyl groups is 2. The molecule has 0 atom stereocenters. The van der Waals surface area contributed by atoms with Gasteiger partial charge in [0.15, 0.2) is 5.79 Å². The molecule has 0 aliphatic carbocycles. The first-order chi connectivity index (χ1) is 6.08. The predicted molar refractivity (Wildman–Crippen MR) is 52.5 cm³/mol. The molecule has 0 aliphatic rings. The highest BCUT2D eigenvalue weighted by molar-refractivity contribution is 6.31. The fourth-order valence-electron chi connectivity index (χ4n) is 1.27. The highest BCUT2D eigenvalue weighted by Crippen LogP contribution is 2.29. The lowest BCUT2D eigenvalue weighted by Crippen LogP contribution is -2.24. The fourth-order valence-corrected chi connectivity index (χ4v) is 1.56. The molecule has 0 unspecified atom stereocenters.